The molecule has 0 heterocycles. The van der Waals surface area contributed by atoms with E-state index in [1.165, 1.54) is 14.2 Å². The Morgan fingerprint density at radius 1 is 1.06 bits per heavy atom. The van der Waals surface area contributed by atoms with Gasteiger partial charge in [0.15, 0.2) is 5.84 Å². The van der Waals surface area contributed by atoms with Crippen molar-refractivity contribution in [2.24, 2.45) is 16.7 Å². The van der Waals surface area contributed by atoms with Gasteiger partial charge in [-0.1, -0.05) is 0 Å². The molecule has 0 aliphatic rings. The third-order valence-electron chi connectivity index (χ3n) is 2.11. The summed E-state index contributed by atoms with van der Waals surface area (Å²) in [4.78, 5) is 0. The summed E-state index contributed by atoms with van der Waals surface area (Å²) in [6.45, 7) is 0. The first-order valence-electron chi connectivity index (χ1n) is 4.51. The van der Waals surface area contributed by atoms with Gasteiger partial charge < -0.3 is 25.8 Å². The average Bonchev–Trinajstić information content (AvgIpc) is 2.35. The Kier molecular flexibility index (Phi) is 3.82. The Balaban J connectivity index is 3.43. The van der Waals surface area contributed by atoms with Gasteiger partial charge in [-0.2, -0.15) is 5.10 Å². The predicted molar refractivity (Wildman–Crippen MR) is 61.0 cm³/mol. The topological polar surface area (TPSA) is 92.1 Å². The summed E-state index contributed by atoms with van der Waals surface area (Å²) in [6, 6.07) is 3.35. The van der Waals surface area contributed by atoms with Gasteiger partial charge >= 0.3 is 0 Å². The van der Waals surface area contributed by atoms with Crippen molar-refractivity contribution in [1.82, 2.24) is 0 Å². The number of benzene rings is 1. The van der Waals surface area contributed by atoms with Crippen LogP contribution < -0.4 is 25.8 Å². The van der Waals surface area contributed by atoms with Crippen molar-refractivity contribution in [3.05, 3.63) is 17.7 Å². The molecule has 6 heteroatoms. The first-order valence-corrected chi connectivity index (χ1v) is 4.51. The first-order chi connectivity index (χ1) is 7.67. The van der Waals surface area contributed by atoms with Crippen LogP contribution in [0.5, 0.6) is 17.2 Å². The van der Waals surface area contributed by atoms with Crippen LogP contribution in [-0.2, 0) is 0 Å². The number of methoxy groups -OCH3 is 3. The zero-order chi connectivity index (χ0) is 12.1. The monoisotopic (exact) mass is 225 g/mol. The SMILES string of the molecule is COc1cc(OC)c(C(N)=NN)c(OC)c1. The van der Waals surface area contributed by atoms with Crippen LogP contribution in [0.25, 0.3) is 0 Å². The Hall–Kier alpha value is -2.11. The van der Waals surface area contributed by atoms with Crippen LogP contribution in [0.15, 0.2) is 17.2 Å². The van der Waals surface area contributed by atoms with E-state index in [4.69, 9.17) is 25.8 Å². The van der Waals surface area contributed by atoms with Crippen molar-refractivity contribution in [2.45, 2.75) is 0 Å². The van der Waals surface area contributed by atoms with Crippen LogP contribution in [-0.4, -0.2) is 27.2 Å². The van der Waals surface area contributed by atoms with E-state index < -0.39 is 0 Å². The highest BCUT2D eigenvalue weighted by atomic mass is 16.5. The predicted octanol–water partition coefficient (Wildman–Crippen LogP) is 0.291. The van der Waals surface area contributed by atoms with E-state index in [9.17, 15) is 0 Å². The van der Waals surface area contributed by atoms with E-state index in [-0.39, 0.29) is 5.84 Å². The Labute approximate surface area is 93.8 Å². The number of nitrogens with two attached hydrogens (primary N) is 2. The lowest BCUT2D eigenvalue weighted by molar-refractivity contribution is 0.374. The zero-order valence-electron chi connectivity index (χ0n) is 9.48. The summed E-state index contributed by atoms with van der Waals surface area (Å²) in [5, 5.41) is 3.43. The number of amidine groups is 1. The molecule has 0 unspecified atom stereocenters. The molecule has 0 amide bonds. The van der Waals surface area contributed by atoms with Gasteiger partial charge in [0, 0.05) is 12.1 Å². The van der Waals surface area contributed by atoms with Crippen LogP contribution in [0.4, 0.5) is 0 Å². The molecule has 0 atom stereocenters. The van der Waals surface area contributed by atoms with E-state index in [1.54, 1.807) is 19.2 Å². The number of hydrazone groups is 1. The normalized spacial score (nSPS) is 11.1. The van der Waals surface area contributed by atoms with Gasteiger partial charge in [0.25, 0.3) is 0 Å². The third kappa shape index (κ3) is 2.10. The molecule has 0 aliphatic heterocycles. The number of ether oxygens (including phenoxy) is 3. The summed E-state index contributed by atoms with van der Waals surface area (Å²) in [5.74, 6) is 6.85. The van der Waals surface area contributed by atoms with Crippen LogP contribution in [0.2, 0.25) is 0 Å². The van der Waals surface area contributed by atoms with Crippen LogP contribution in [0.3, 0.4) is 0 Å². The second kappa shape index (κ2) is 5.11. The summed E-state index contributed by atoms with van der Waals surface area (Å²) in [5.41, 5.74) is 6.17. The largest absolute Gasteiger partial charge is 0.496 e. The molecule has 16 heavy (non-hydrogen) atoms. The fourth-order valence-electron chi connectivity index (χ4n) is 1.32. The minimum atomic E-state index is 0.136. The standard InChI is InChI=1S/C10H15N3O3/c1-14-6-4-7(15-2)9(10(11)13-12)8(5-6)16-3/h4-5H,12H2,1-3H3,(H2,11,13). The summed E-state index contributed by atoms with van der Waals surface area (Å²) < 4.78 is 15.4. The quantitative estimate of drug-likeness (QED) is 0.332. The molecule has 4 N–H and O–H groups in total. The molecule has 1 rings (SSSR count). The van der Waals surface area contributed by atoms with E-state index in [1.807, 2.05) is 0 Å². The molecule has 0 radical (unpaired) electrons. The van der Waals surface area contributed by atoms with Gasteiger partial charge in [-0.05, 0) is 0 Å². The van der Waals surface area contributed by atoms with E-state index in [0.29, 0.717) is 22.8 Å². The molecule has 88 valence electrons. The average molecular weight is 225 g/mol. The van der Waals surface area contributed by atoms with Crippen molar-refractivity contribution in [2.75, 3.05) is 21.3 Å². The number of hydrogen-bond donors (Lipinski definition) is 2. The second-order valence-corrected chi connectivity index (χ2v) is 2.92. The van der Waals surface area contributed by atoms with Crippen LogP contribution >= 0.6 is 0 Å². The number of nitrogens with zero attached hydrogens (tertiary/aromatic N) is 1. The van der Waals surface area contributed by atoms with Gasteiger partial charge in [-0.15, -0.1) is 0 Å². The van der Waals surface area contributed by atoms with E-state index in [0.717, 1.165) is 0 Å². The Morgan fingerprint density at radius 2 is 1.56 bits per heavy atom. The highest BCUT2D eigenvalue weighted by Crippen LogP contribution is 2.33. The fourth-order valence-corrected chi connectivity index (χ4v) is 1.32. The third-order valence-corrected chi connectivity index (χ3v) is 2.11. The fraction of sp³-hybridized carbons (Fsp3) is 0.300. The second-order valence-electron chi connectivity index (χ2n) is 2.92. The minimum absolute atomic E-state index is 0.136. The molecule has 0 aliphatic carbocycles. The van der Waals surface area contributed by atoms with Gasteiger partial charge in [-0.3, -0.25) is 0 Å². The molecule has 0 aromatic heterocycles. The number of rotatable bonds is 4. The zero-order valence-corrected chi connectivity index (χ0v) is 9.48. The first kappa shape index (κ1) is 12.0. The van der Waals surface area contributed by atoms with Gasteiger partial charge in [0.1, 0.15) is 22.8 Å². The summed E-state index contributed by atoms with van der Waals surface area (Å²) in [7, 11) is 4.58. The van der Waals surface area contributed by atoms with Gasteiger partial charge in [-0.25, -0.2) is 0 Å². The van der Waals surface area contributed by atoms with Crippen LogP contribution in [0.1, 0.15) is 5.56 Å². The molecule has 0 saturated heterocycles. The maximum atomic E-state index is 5.66. The lowest BCUT2D eigenvalue weighted by Gasteiger charge is -2.13. The highest BCUT2D eigenvalue weighted by molar-refractivity contribution is 6.02. The molecule has 1 aromatic rings. The lowest BCUT2D eigenvalue weighted by atomic mass is 10.1. The summed E-state index contributed by atoms with van der Waals surface area (Å²) >= 11 is 0. The molecular weight excluding hydrogens is 210 g/mol. The maximum absolute atomic E-state index is 5.66. The van der Waals surface area contributed by atoms with Crippen molar-refractivity contribution in [3.63, 3.8) is 0 Å². The molecular formula is C10H15N3O3. The molecule has 0 spiro atoms. The van der Waals surface area contributed by atoms with Crippen molar-refractivity contribution >= 4 is 5.84 Å². The molecule has 0 saturated carbocycles. The minimum Gasteiger partial charge on any atom is -0.496 e. The molecule has 0 fully saturated rings. The molecule has 1 aromatic carbocycles. The van der Waals surface area contributed by atoms with E-state index >= 15 is 0 Å². The molecule has 0 bridgehead atoms. The Bertz CT molecular complexity index is 379. The molecule has 6 nitrogen and oxygen atoms in total. The van der Waals surface area contributed by atoms with Crippen LogP contribution in [0, 0.1) is 0 Å². The Morgan fingerprint density at radius 3 is 1.88 bits per heavy atom. The lowest BCUT2D eigenvalue weighted by Crippen LogP contribution is -2.17. The summed E-state index contributed by atoms with van der Waals surface area (Å²) in [6.07, 6.45) is 0. The highest BCUT2D eigenvalue weighted by Gasteiger charge is 2.16. The number of hydrogen-bond acceptors (Lipinski definition) is 5. The van der Waals surface area contributed by atoms with Crippen molar-refractivity contribution in [1.29, 1.82) is 0 Å². The van der Waals surface area contributed by atoms with Crippen molar-refractivity contribution < 1.29 is 14.2 Å². The van der Waals surface area contributed by atoms with E-state index in [2.05, 4.69) is 5.10 Å². The van der Waals surface area contributed by atoms with Crippen molar-refractivity contribution in [3.8, 4) is 17.2 Å². The smallest absolute Gasteiger partial charge is 0.157 e. The van der Waals surface area contributed by atoms with Gasteiger partial charge in [0.05, 0.1) is 21.3 Å². The maximum Gasteiger partial charge on any atom is 0.157 e. The van der Waals surface area contributed by atoms with Gasteiger partial charge in [0.2, 0.25) is 0 Å².